The maximum absolute atomic E-state index is 13.8. The number of rotatable bonds is 10. The lowest BCUT2D eigenvalue weighted by Crippen LogP contribution is -2.63. The van der Waals surface area contributed by atoms with Gasteiger partial charge in [0.05, 0.1) is 28.4 Å². The molecule has 0 spiro atoms. The van der Waals surface area contributed by atoms with Gasteiger partial charge in [0.25, 0.3) is 0 Å². The predicted molar refractivity (Wildman–Crippen MR) is 207 cm³/mol. The third-order valence-electron chi connectivity index (χ3n) is 7.97. The normalized spacial score (nSPS) is 20.0. The average molecular weight is 966 g/mol. The van der Waals surface area contributed by atoms with Crippen molar-refractivity contribution in [3.8, 4) is 0 Å². The molecule has 13 heteroatoms. The molecule has 272 valence electrons. The summed E-state index contributed by atoms with van der Waals surface area (Å²) in [6.07, 6.45) is -5.75. The van der Waals surface area contributed by atoms with Gasteiger partial charge in [0, 0.05) is 17.9 Å². The van der Waals surface area contributed by atoms with Crippen molar-refractivity contribution in [2.24, 2.45) is 5.41 Å². The molecule has 4 aromatic rings. The van der Waals surface area contributed by atoms with Crippen LogP contribution in [0.15, 0.2) is 115 Å². The Hall–Kier alpha value is -3.36. The molecule has 0 radical (unpaired) electrons. The van der Waals surface area contributed by atoms with Crippen LogP contribution in [0.5, 0.6) is 0 Å². The second-order valence-electron chi connectivity index (χ2n) is 13.2. The average Bonchev–Trinajstić information content (AvgIpc) is 3.10. The molecule has 1 fully saturated rings. The first kappa shape index (κ1) is 39.8. The van der Waals surface area contributed by atoms with Gasteiger partial charge in [-0.25, -0.2) is 19.2 Å². The monoisotopic (exact) mass is 962 g/mol. The minimum atomic E-state index is -1.40. The molecule has 0 N–H and O–H groups in total. The summed E-state index contributed by atoms with van der Waals surface area (Å²) in [5, 5.41) is 0. The third-order valence-corrected chi connectivity index (χ3v) is 10.1. The van der Waals surface area contributed by atoms with Crippen LogP contribution in [0.1, 0.15) is 68.6 Å². The van der Waals surface area contributed by atoms with Crippen LogP contribution < -0.4 is 0 Å². The second-order valence-corrected chi connectivity index (χ2v) is 16.9. The maximum atomic E-state index is 13.8. The Morgan fingerprint density at radius 1 is 0.500 bits per heavy atom. The molecule has 9 nitrogen and oxygen atoms in total. The molecule has 0 bridgehead atoms. The van der Waals surface area contributed by atoms with Crippen LogP contribution >= 0.6 is 63.7 Å². The summed E-state index contributed by atoms with van der Waals surface area (Å²) in [4.78, 5) is 54.4. The SMILES string of the molecule is CC(C)(C)C[C@H]1O[C@H](COC(=O)c2ccc(Br)cc2)[C@@H](OC(=O)c2ccc(Br)cc2)[C@H](OC(=O)c2ccc(Br)cc2)[C@H]1OC(=O)c1ccc(Br)cc1. The number of carbonyl (C=O) groups excluding carboxylic acids is 4. The van der Waals surface area contributed by atoms with E-state index in [1.165, 1.54) is 0 Å². The van der Waals surface area contributed by atoms with Crippen LogP contribution in [-0.4, -0.2) is 61.0 Å². The van der Waals surface area contributed by atoms with Gasteiger partial charge in [-0.05, 0) is 109 Å². The number of benzene rings is 4. The minimum Gasteiger partial charge on any atom is -0.459 e. The van der Waals surface area contributed by atoms with Crippen molar-refractivity contribution >= 4 is 87.6 Å². The number of esters is 4. The van der Waals surface area contributed by atoms with E-state index in [0.717, 1.165) is 17.9 Å². The molecule has 1 heterocycles. The number of hydrogen-bond donors (Lipinski definition) is 0. The lowest BCUT2D eigenvalue weighted by molar-refractivity contribution is -0.234. The fourth-order valence-corrected chi connectivity index (χ4v) is 6.53. The summed E-state index contributed by atoms with van der Waals surface area (Å²) >= 11 is 13.5. The number of ether oxygens (including phenoxy) is 5. The Morgan fingerprint density at radius 2 is 0.808 bits per heavy atom. The second kappa shape index (κ2) is 17.6. The third kappa shape index (κ3) is 10.8. The van der Waals surface area contributed by atoms with Crippen LogP contribution in [0.4, 0.5) is 0 Å². The molecule has 1 saturated heterocycles. The quantitative estimate of drug-likeness (QED) is 0.113. The van der Waals surface area contributed by atoms with Crippen molar-refractivity contribution < 1.29 is 42.9 Å². The van der Waals surface area contributed by atoms with Gasteiger partial charge < -0.3 is 23.7 Å². The van der Waals surface area contributed by atoms with Gasteiger partial charge in [-0.2, -0.15) is 0 Å². The number of halogens is 4. The molecule has 0 amide bonds. The van der Waals surface area contributed by atoms with E-state index in [1.807, 2.05) is 20.8 Å². The Morgan fingerprint density at radius 3 is 1.15 bits per heavy atom. The topological polar surface area (TPSA) is 114 Å². The highest BCUT2D eigenvalue weighted by Gasteiger charge is 2.53. The fraction of sp³-hybridized carbons (Fsp3) is 0.282. The summed E-state index contributed by atoms with van der Waals surface area (Å²) in [7, 11) is 0. The fourth-order valence-electron chi connectivity index (χ4n) is 5.47. The zero-order chi connectivity index (χ0) is 37.6. The van der Waals surface area contributed by atoms with E-state index in [2.05, 4.69) is 63.7 Å². The molecule has 1 aliphatic heterocycles. The van der Waals surface area contributed by atoms with Gasteiger partial charge in [0.2, 0.25) is 0 Å². The maximum Gasteiger partial charge on any atom is 0.338 e. The Labute approximate surface area is 335 Å². The number of hydrogen-bond acceptors (Lipinski definition) is 9. The van der Waals surface area contributed by atoms with E-state index in [1.54, 1.807) is 97.1 Å². The summed E-state index contributed by atoms with van der Waals surface area (Å²) in [5.74, 6) is -2.87. The molecule has 0 aromatic heterocycles. The molecular formula is C39H34Br4O9. The van der Waals surface area contributed by atoms with E-state index >= 15 is 0 Å². The van der Waals surface area contributed by atoms with E-state index in [4.69, 9.17) is 23.7 Å². The van der Waals surface area contributed by atoms with Crippen molar-refractivity contribution in [2.75, 3.05) is 6.61 Å². The molecular weight excluding hydrogens is 932 g/mol. The summed E-state index contributed by atoms with van der Waals surface area (Å²) in [6, 6.07) is 26.2. The van der Waals surface area contributed by atoms with Crippen molar-refractivity contribution in [3.63, 3.8) is 0 Å². The molecule has 4 aromatic carbocycles. The van der Waals surface area contributed by atoms with Gasteiger partial charge in [0.1, 0.15) is 12.7 Å². The van der Waals surface area contributed by atoms with Crippen molar-refractivity contribution in [1.82, 2.24) is 0 Å². The zero-order valence-corrected chi connectivity index (χ0v) is 34.6. The van der Waals surface area contributed by atoms with E-state index in [9.17, 15) is 19.2 Å². The van der Waals surface area contributed by atoms with E-state index in [-0.39, 0.29) is 34.3 Å². The highest BCUT2D eigenvalue weighted by Crippen LogP contribution is 2.36. The highest BCUT2D eigenvalue weighted by molar-refractivity contribution is 9.11. The summed E-state index contributed by atoms with van der Waals surface area (Å²) in [5.41, 5.74) is 0.549. The van der Waals surface area contributed by atoms with Crippen LogP contribution in [0, 0.1) is 5.41 Å². The molecule has 5 rings (SSSR count). The first-order valence-corrected chi connectivity index (χ1v) is 19.3. The highest BCUT2D eigenvalue weighted by atomic mass is 79.9. The largest absolute Gasteiger partial charge is 0.459 e. The van der Waals surface area contributed by atoms with Crippen molar-refractivity contribution in [1.29, 1.82) is 0 Å². The summed E-state index contributed by atoms with van der Waals surface area (Å²) in [6.45, 7) is 5.56. The molecule has 0 saturated carbocycles. The van der Waals surface area contributed by atoms with Crippen LogP contribution in [0.25, 0.3) is 0 Å². The molecule has 1 aliphatic rings. The van der Waals surface area contributed by atoms with Crippen molar-refractivity contribution in [2.45, 2.75) is 57.7 Å². The Kier molecular flexibility index (Phi) is 13.5. The Balaban J connectivity index is 1.57. The van der Waals surface area contributed by atoms with Gasteiger partial charge in [-0.15, -0.1) is 0 Å². The standard InChI is InChI=1S/C39H34Br4O9/c1-39(2,3)20-30-32(50-36(45)23-6-14-27(41)15-7-23)34(52-38(47)25-10-18-29(43)19-11-25)33(51-37(46)24-8-16-28(42)17-9-24)31(49-30)21-48-35(44)22-4-12-26(40)13-5-22/h4-19,30-34H,20-21H2,1-3H3/t30-,31-,32+,33-,34-/m1/s1. The first-order valence-electron chi connectivity index (χ1n) is 16.1. The summed E-state index contributed by atoms with van der Waals surface area (Å²) < 4.78 is 33.8. The molecule has 0 unspecified atom stereocenters. The van der Waals surface area contributed by atoms with Crippen molar-refractivity contribution in [3.05, 3.63) is 137 Å². The lowest BCUT2D eigenvalue weighted by Gasteiger charge is -2.46. The van der Waals surface area contributed by atoms with Gasteiger partial charge >= 0.3 is 23.9 Å². The van der Waals surface area contributed by atoms with Crippen LogP contribution in [-0.2, 0) is 23.7 Å². The van der Waals surface area contributed by atoms with Crippen LogP contribution in [0.2, 0.25) is 0 Å². The first-order chi connectivity index (χ1) is 24.7. The molecule has 52 heavy (non-hydrogen) atoms. The predicted octanol–water partition coefficient (Wildman–Crippen LogP) is 9.77. The minimum absolute atomic E-state index is 0.201. The van der Waals surface area contributed by atoms with Gasteiger partial charge in [-0.3, -0.25) is 0 Å². The zero-order valence-electron chi connectivity index (χ0n) is 28.2. The molecule has 0 aliphatic carbocycles. The van der Waals surface area contributed by atoms with Gasteiger partial charge in [0.15, 0.2) is 18.3 Å². The van der Waals surface area contributed by atoms with E-state index < -0.39 is 54.4 Å². The van der Waals surface area contributed by atoms with E-state index in [0.29, 0.717) is 6.42 Å². The van der Waals surface area contributed by atoms with Crippen LogP contribution in [0.3, 0.4) is 0 Å². The molecule has 5 atom stereocenters. The smallest absolute Gasteiger partial charge is 0.338 e. The lowest BCUT2D eigenvalue weighted by atomic mass is 9.83. The van der Waals surface area contributed by atoms with Gasteiger partial charge in [-0.1, -0.05) is 84.5 Å². The Bertz CT molecular complexity index is 1870. The number of carbonyl (C=O) groups is 4.